The minimum Gasteiger partial charge on any atom is -0.383 e. The number of aromatic nitrogens is 1. The third-order valence-corrected chi connectivity index (χ3v) is 6.93. The highest BCUT2D eigenvalue weighted by Crippen LogP contribution is 2.21. The molecular weight excluding hydrogens is 520 g/mol. The molecule has 1 atom stereocenters. The fourth-order valence-electron chi connectivity index (χ4n) is 3.86. The summed E-state index contributed by atoms with van der Waals surface area (Å²) in [4.78, 5) is 32.3. The van der Waals surface area contributed by atoms with Gasteiger partial charge in [-0.25, -0.2) is 9.78 Å². The number of methoxy groups -OCH3 is 1. The van der Waals surface area contributed by atoms with Crippen molar-refractivity contribution in [1.29, 1.82) is 0 Å². The highest BCUT2D eigenvalue weighted by Gasteiger charge is 2.20. The molecule has 0 aliphatic rings. The summed E-state index contributed by atoms with van der Waals surface area (Å²) in [5.74, 6) is -0.258. The first-order chi connectivity index (χ1) is 18.5. The van der Waals surface area contributed by atoms with Gasteiger partial charge in [0.25, 0.3) is 5.91 Å². The first-order valence-corrected chi connectivity index (χ1v) is 13.4. The molecule has 3 aromatic carbocycles. The standard InChI is InChI=1S/C29H29ClN4O3S/c1-37-17-16-34(29(36)31-24-14-12-23(30)13-15-24)19-27-32-26(20-38-27)28(35)33-25(22-10-6-3-7-11-22)18-21-8-4-2-5-9-21/h2-15,20,25H,16-19H2,1H3,(H,31,36)(H,33,35). The topological polar surface area (TPSA) is 83.6 Å². The lowest BCUT2D eigenvalue weighted by Crippen LogP contribution is -2.37. The number of nitrogens with zero attached hydrogens (tertiary/aromatic N) is 2. The van der Waals surface area contributed by atoms with E-state index in [1.54, 1.807) is 41.7 Å². The lowest BCUT2D eigenvalue weighted by atomic mass is 9.99. The smallest absolute Gasteiger partial charge is 0.322 e. The summed E-state index contributed by atoms with van der Waals surface area (Å²) in [7, 11) is 1.58. The molecule has 1 heterocycles. The highest BCUT2D eigenvalue weighted by atomic mass is 35.5. The molecule has 9 heteroatoms. The first kappa shape index (κ1) is 27.3. The summed E-state index contributed by atoms with van der Waals surface area (Å²) in [5, 5.41) is 8.97. The van der Waals surface area contributed by atoms with E-state index in [1.165, 1.54) is 11.3 Å². The largest absolute Gasteiger partial charge is 0.383 e. The van der Waals surface area contributed by atoms with Gasteiger partial charge in [0.15, 0.2) is 0 Å². The van der Waals surface area contributed by atoms with Crippen molar-refractivity contribution in [3.05, 3.63) is 117 Å². The summed E-state index contributed by atoms with van der Waals surface area (Å²) in [5.41, 5.74) is 3.10. The Morgan fingerprint density at radius 2 is 1.68 bits per heavy atom. The molecule has 1 unspecified atom stereocenters. The molecule has 0 aliphatic carbocycles. The van der Waals surface area contributed by atoms with Crippen LogP contribution in [-0.4, -0.2) is 42.1 Å². The van der Waals surface area contributed by atoms with Crippen molar-refractivity contribution in [2.75, 3.05) is 25.6 Å². The number of hydrogen-bond donors (Lipinski definition) is 2. The number of thiazole rings is 1. The zero-order chi connectivity index (χ0) is 26.7. The average molecular weight is 549 g/mol. The molecule has 0 saturated heterocycles. The fourth-order valence-corrected chi connectivity index (χ4v) is 4.78. The van der Waals surface area contributed by atoms with Crippen molar-refractivity contribution in [3.8, 4) is 0 Å². The predicted molar refractivity (Wildman–Crippen MR) is 152 cm³/mol. The molecule has 38 heavy (non-hydrogen) atoms. The van der Waals surface area contributed by atoms with Gasteiger partial charge in [0.05, 0.1) is 19.2 Å². The number of ether oxygens (including phenoxy) is 1. The van der Waals surface area contributed by atoms with E-state index in [4.69, 9.17) is 16.3 Å². The van der Waals surface area contributed by atoms with Crippen LogP contribution in [0.4, 0.5) is 10.5 Å². The van der Waals surface area contributed by atoms with Crippen LogP contribution in [0.25, 0.3) is 0 Å². The van der Waals surface area contributed by atoms with Crippen molar-refractivity contribution >= 4 is 40.6 Å². The molecule has 3 amide bonds. The van der Waals surface area contributed by atoms with Crippen LogP contribution >= 0.6 is 22.9 Å². The summed E-state index contributed by atoms with van der Waals surface area (Å²) in [6.45, 7) is 0.974. The third kappa shape index (κ3) is 7.89. The maximum Gasteiger partial charge on any atom is 0.322 e. The molecule has 0 aliphatic heterocycles. The van der Waals surface area contributed by atoms with Crippen molar-refractivity contribution in [2.24, 2.45) is 0 Å². The number of amides is 3. The lowest BCUT2D eigenvalue weighted by Gasteiger charge is -2.22. The van der Waals surface area contributed by atoms with Gasteiger partial charge in [-0.1, -0.05) is 72.3 Å². The number of halogens is 1. The molecule has 0 bridgehead atoms. The number of hydrogen-bond acceptors (Lipinski definition) is 5. The van der Waals surface area contributed by atoms with E-state index in [-0.39, 0.29) is 24.5 Å². The maximum absolute atomic E-state index is 13.2. The van der Waals surface area contributed by atoms with Crippen LogP contribution in [0.5, 0.6) is 0 Å². The summed E-state index contributed by atoms with van der Waals surface area (Å²) in [6, 6.07) is 26.3. The van der Waals surface area contributed by atoms with Gasteiger partial charge in [-0.3, -0.25) is 4.79 Å². The molecular formula is C29H29ClN4O3S. The first-order valence-electron chi connectivity index (χ1n) is 12.2. The van der Waals surface area contributed by atoms with E-state index >= 15 is 0 Å². The van der Waals surface area contributed by atoms with Crippen LogP contribution in [0.1, 0.15) is 32.7 Å². The van der Waals surface area contributed by atoms with Crippen LogP contribution in [-0.2, 0) is 17.7 Å². The van der Waals surface area contributed by atoms with Crippen LogP contribution in [0.3, 0.4) is 0 Å². The summed E-state index contributed by atoms with van der Waals surface area (Å²) < 4.78 is 5.18. The van der Waals surface area contributed by atoms with Gasteiger partial charge >= 0.3 is 6.03 Å². The second-order valence-electron chi connectivity index (χ2n) is 8.60. The molecule has 2 N–H and O–H groups in total. The second-order valence-corrected chi connectivity index (χ2v) is 9.98. The Morgan fingerprint density at radius 1 is 1.00 bits per heavy atom. The molecule has 0 saturated carbocycles. The predicted octanol–water partition coefficient (Wildman–Crippen LogP) is 6.19. The molecule has 196 valence electrons. The minimum absolute atomic E-state index is 0.209. The third-order valence-electron chi connectivity index (χ3n) is 5.85. The number of nitrogens with one attached hydrogen (secondary N) is 2. The van der Waals surface area contributed by atoms with E-state index in [9.17, 15) is 9.59 Å². The van der Waals surface area contributed by atoms with Gasteiger partial charge in [-0.15, -0.1) is 11.3 Å². The molecule has 7 nitrogen and oxygen atoms in total. The van der Waals surface area contributed by atoms with Crippen molar-refractivity contribution < 1.29 is 14.3 Å². The molecule has 4 aromatic rings. The van der Waals surface area contributed by atoms with Gasteiger partial charge in [0, 0.05) is 29.7 Å². The molecule has 0 radical (unpaired) electrons. The van der Waals surface area contributed by atoms with Gasteiger partial charge in [-0.05, 0) is 41.8 Å². The van der Waals surface area contributed by atoms with Gasteiger partial charge in [0.2, 0.25) is 0 Å². The van der Waals surface area contributed by atoms with Gasteiger partial charge in [-0.2, -0.15) is 0 Å². The van der Waals surface area contributed by atoms with E-state index in [2.05, 4.69) is 15.6 Å². The molecule has 0 fully saturated rings. The van der Waals surface area contributed by atoms with Crippen LogP contribution in [0.15, 0.2) is 90.3 Å². The molecule has 0 spiro atoms. The van der Waals surface area contributed by atoms with Crippen LogP contribution in [0, 0.1) is 0 Å². The quantitative estimate of drug-likeness (QED) is 0.234. The maximum atomic E-state index is 13.2. The Bertz CT molecular complexity index is 1320. The van der Waals surface area contributed by atoms with Crippen molar-refractivity contribution in [2.45, 2.75) is 19.0 Å². The number of anilines is 1. The Morgan fingerprint density at radius 3 is 2.37 bits per heavy atom. The molecule has 4 rings (SSSR count). The lowest BCUT2D eigenvalue weighted by molar-refractivity contribution is 0.0932. The summed E-state index contributed by atoms with van der Waals surface area (Å²) in [6.07, 6.45) is 0.656. The Labute approximate surface area is 231 Å². The zero-order valence-corrected chi connectivity index (χ0v) is 22.5. The highest BCUT2D eigenvalue weighted by molar-refractivity contribution is 7.09. The minimum atomic E-state index is -0.294. The van der Waals surface area contributed by atoms with E-state index in [0.717, 1.165) is 11.1 Å². The number of carbonyl (C=O) groups excluding carboxylic acids is 2. The Balaban J connectivity index is 1.44. The number of urea groups is 1. The van der Waals surface area contributed by atoms with Gasteiger partial charge < -0.3 is 20.3 Å². The zero-order valence-electron chi connectivity index (χ0n) is 21.0. The van der Waals surface area contributed by atoms with Crippen LogP contribution < -0.4 is 10.6 Å². The average Bonchev–Trinajstić information content (AvgIpc) is 3.42. The normalized spacial score (nSPS) is 11.5. The van der Waals surface area contributed by atoms with Crippen molar-refractivity contribution in [1.82, 2.24) is 15.2 Å². The second kappa shape index (κ2) is 13.7. The molecule has 1 aromatic heterocycles. The van der Waals surface area contributed by atoms with E-state index in [0.29, 0.717) is 41.0 Å². The SMILES string of the molecule is COCCN(Cc1nc(C(=O)NC(Cc2ccccc2)c2ccccc2)cs1)C(=O)Nc1ccc(Cl)cc1. The number of carbonyl (C=O) groups is 2. The monoisotopic (exact) mass is 548 g/mol. The summed E-state index contributed by atoms with van der Waals surface area (Å²) >= 11 is 7.28. The Hall–Kier alpha value is -3.72. The van der Waals surface area contributed by atoms with E-state index in [1.807, 2.05) is 60.7 Å². The van der Waals surface area contributed by atoms with Crippen molar-refractivity contribution in [3.63, 3.8) is 0 Å². The Kier molecular flexibility index (Phi) is 9.86. The van der Waals surface area contributed by atoms with Gasteiger partial charge in [0.1, 0.15) is 10.7 Å². The number of rotatable bonds is 11. The van der Waals surface area contributed by atoms with E-state index < -0.39 is 0 Å². The fraction of sp³-hybridized carbons (Fsp3) is 0.207. The van der Waals surface area contributed by atoms with Crippen LogP contribution in [0.2, 0.25) is 5.02 Å². The number of benzene rings is 3.